The molecule has 0 spiro atoms. The number of nitriles is 1. The maximum Gasteiger partial charge on any atom is 0.123 e. The molecule has 0 fully saturated rings. The average molecular weight is 203 g/mol. The van der Waals surface area contributed by atoms with Crippen LogP contribution in [0.4, 0.5) is 0 Å². The van der Waals surface area contributed by atoms with Crippen LogP contribution in [0.1, 0.15) is 30.5 Å². The van der Waals surface area contributed by atoms with E-state index >= 15 is 0 Å². The molecule has 0 aliphatic carbocycles. The molecule has 2 heteroatoms. The van der Waals surface area contributed by atoms with Crippen LogP contribution in [-0.4, -0.2) is 7.11 Å². The first-order valence-corrected chi connectivity index (χ1v) is 4.99. The van der Waals surface area contributed by atoms with Crippen molar-refractivity contribution < 1.29 is 4.74 Å². The van der Waals surface area contributed by atoms with Gasteiger partial charge >= 0.3 is 0 Å². The third-order valence-electron chi connectivity index (χ3n) is 2.77. The molecule has 0 atom stereocenters. The Morgan fingerprint density at radius 3 is 2.20 bits per heavy atom. The van der Waals surface area contributed by atoms with Crippen LogP contribution in [0, 0.1) is 25.2 Å². The van der Waals surface area contributed by atoms with E-state index in [0.717, 1.165) is 11.3 Å². The molecule has 0 aromatic heterocycles. The number of nitrogens with zero attached hydrogens (tertiary/aromatic N) is 1. The Kier molecular flexibility index (Phi) is 3.04. The van der Waals surface area contributed by atoms with E-state index in [9.17, 15) is 0 Å². The Labute approximate surface area is 91.5 Å². The lowest BCUT2D eigenvalue weighted by atomic mass is 9.84. The van der Waals surface area contributed by atoms with E-state index in [1.165, 1.54) is 11.1 Å². The normalized spacial score (nSPS) is 10.9. The fraction of sp³-hybridized carbons (Fsp3) is 0.462. The molecule has 0 heterocycles. The highest BCUT2D eigenvalue weighted by Crippen LogP contribution is 2.33. The minimum Gasteiger partial charge on any atom is -0.496 e. The Bertz CT molecular complexity index is 413. The van der Waals surface area contributed by atoms with Crippen LogP contribution in [0.5, 0.6) is 5.75 Å². The SMILES string of the molecule is COc1cc(C)c(C)cc1C(C)(C)C#N. The van der Waals surface area contributed by atoms with Gasteiger partial charge in [0, 0.05) is 5.56 Å². The van der Waals surface area contributed by atoms with Crippen LogP contribution >= 0.6 is 0 Å². The molecule has 0 saturated carbocycles. The molecule has 1 rings (SSSR count). The molecular weight excluding hydrogens is 186 g/mol. The summed E-state index contributed by atoms with van der Waals surface area (Å²) in [6.45, 7) is 7.89. The summed E-state index contributed by atoms with van der Waals surface area (Å²) in [6.07, 6.45) is 0. The third kappa shape index (κ3) is 2.12. The van der Waals surface area contributed by atoms with E-state index in [1.807, 2.05) is 39.8 Å². The fourth-order valence-electron chi connectivity index (χ4n) is 1.51. The monoisotopic (exact) mass is 203 g/mol. The molecule has 0 N–H and O–H groups in total. The maximum atomic E-state index is 9.12. The molecule has 0 unspecified atom stereocenters. The van der Waals surface area contributed by atoms with E-state index in [4.69, 9.17) is 10.00 Å². The Morgan fingerprint density at radius 2 is 1.73 bits per heavy atom. The van der Waals surface area contributed by atoms with E-state index in [-0.39, 0.29) is 0 Å². The van der Waals surface area contributed by atoms with Gasteiger partial charge in [0.05, 0.1) is 18.6 Å². The van der Waals surface area contributed by atoms with Gasteiger partial charge in [-0.25, -0.2) is 0 Å². The van der Waals surface area contributed by atoms with Gasteiger partial charge in [0.15, 0.2) is 0 Å². The molecule has 2 nitrogen and oxygen atoms in total. The number of rotatable bonds is 2. The highest BCUT2D eigenvalue weighted by molar-refractivity contribution is 5.47. The van der Waals surface area contributed by atoms with Crippen molar-refractivity contribution in [2.24, 2.45) is 0 Å². The minimum atomic E-state index is -0.510. The van der Waals surface area contributed by atoms with Crippen LogP contribution in [0.15, 0.2) is 12.1 Å². The van der Waals surface area contributed by atoms with Crippen molar-refractivity contribution in [2.45, 2.75) is 33.1 Å². The largest absolute Gasteiger partial charge is 0.496 e. The van der Waals surface area contributed by atoms with E-state index in [2.05, 4.69) is 6.07 Å². The number of ether oxygens (including phenoxy) is 1. The van der Waals surface area contributed by atoms with Crippen LogP contribution in [-0.2, 0) is 5.41 Å². The van der Waals surface area contributed by atoms with Gasteiger partial charge in [-0.1, -0.05) is 6.07 Å². The standard InChI is InChI=1S/C13H17NO/c1-9-6-11(13(3,4)8-14)12(15-5)7-10(9)2/h6-7H,1-5H3. The van der Waals surface area contributed by atoms with Crippen molar-refractivity contribution in [3.05, 3.63) is 28.8 Å². The van der Waals surface area contributed by atoms with Crippen LogP contribution in [0.25, 0.3) is 0 Å². The Balaban J connectivity index is 3.42. The van der Waals surface area contributed by atoms with E-state index < -0.39 is 5.41 Å². The van der Waals surface area contributed by atoms with E-state index in [0.29, 0.717) is 0 Å². The topological polar surface area (TPSA) is 33.0 Å². The number of benzene rings is 1. The minimum absolute atomic E-state index is 0.510. The Morgan fingerprint density at radius 1 is 1.20 bits per heavy atom. The number of methoxy groups -OCH3 is 1. The summed E-state index contributed by atoms with van der Waals surface area (Å²) in [5.74, 6) is 0.796. The maximum absolute atomic E-state index is 9.12. The van der Waals surface area contributed by atoms with Gasteiger partial charge in [0.2, 0.25) is 0 Å². The van der Waals surface area contributed by atoms with Gasteiger partial charge in [-0.15, -0.1) is 0 Å². The molecule has 0 aliphatic heterocycles. The molecule has 1 aromatic carbocycles. The summed E-state index contributed by atoms with van der Waals surface area (Å²) in [7, 11) is 1.64. The zero-order valence-corrected chi connectivity index (χ0v) is 10.0. The van der Waals surface area contributed by atoms with Crippen molar-refractivity contribution in [1.29, 1.82) is 5.26 Å². The molecule has 0 amide bonds. The van der Waals surface area contributed by atoms with Gasteiger partial charge in [0.1, 0.15) is 5.75 Å². The van der Waals surface area contributed by atoms with Gasteiger partial charge in [-0.3, -0.25) is 0 Å². The number of aryl methyl sites for hydroxylation is 2. The Hall–Kier alpha value is -1.49. The lowest BCUT2D eigenvalue weighted by Gasteiger charge is -2.20. The fourth-order valence-corrected chi connectivity index (χ4v) is 1.51. The molecule has 0 saturated heterocycles. The zero-order chi connectivity index (χ0) is 11.6. The number of hydrogen-bond acceptors (Lipinski definition) is 2. The van der Waals surface area contributed by atoms with Gasteiger partial charge in [-0.05, 0) is 44.9 Å². The molecule has 1 aromatic rings. The van der Waals surface area contributed by atoms with Crippen LogP contribution in [0.3, 0.4) is 0 Å². The molecular formula is C13H17NO. The van der Waals surface area contributed by atoms with Gasteiger partial charge in [0.25, 0.3) is 0 Å². The van der Waals surface area contributed by atoms with Crippen molar-refractivity contribution in [1.82, 2.24) is 0 Å². The first-order valence-electron chi connectivity index (χ1n) is 4.99. The molecule has 0 bridgehead atoms. The van der Waals surface area contributed by atoms with Gasteiger partial charge < -0.3 is 4.74 Å². The summed E-state index contributed by atoms with van der Waals surface area (Å²) in [5.41, 5.74) is 2.82. The highest BCUT2D eigenvalue weighted by Gasteiger charge is 2.24. The van der Waals surface area contributed by atoms with Gasteiger partial charge in [-0.2, -0.15) is 5.26 Å². The van der Waals surface area contributed by atoms with Crippen molar-refractivity contribution in [2.75, 3.05) is 7.11 Å². The molecule has 15 heavy (non-hydrogen) atoms. The first-order chi connectivity index (χ1) is 6.92. The predicted octanol–water partition coefficient (Wildman–Crippen LogP) is 3.11. The third-order valence-corrected chi connectivity index (χ3v) is 2.77. The predicted molar refractivity (Wildman–Crippen MR) is 61.1 cm³/mol. The molecule has 80 valence electrons. The second-order valence-corrected chi connectivity index (χ2v) is 4.37. The molecule has 0 aliphatic rings. The van der Waals surface area contributed by atoms with Crippen molar-refractivity contribution in [3.63, 3.8) is 0 Å². The highest BCUT2D eigenvalue weighted by atomic mass is 16.5. The zero-order valence-electron chi connectivity index (χ0n) is 10.0. The summed E-state index contributed by atoms with van der Waals surface area (Å²) >= 11 is 0. The van der Waals surface area contributed by atoms with Crippen LogP contribution in [0.2, 0.25) is 0 Å². The summed E-state index contributed by atoms with van der Waals surface area (Å²) in [4.78, 5) is 0. The second kappa shape index (κ2) is 3.94. The van der Waals surface area contributed by atoms with E-state index in [1.54, 1.807) is 7.11 Å². The summed E-state index contributed by atoms with van der Waals surface area (Å²) in [5, 5.41) is 9.12. The summed E-state index contributed by atoms with van der Waals surface area (Å²) in [6, 6.07) is 6.33. The number of hydrogen-bond donors (Lipinski definition) is 0. The lowest BCUT2D eigenvalue weighted by molar-refractivity contribution is 0.402. The van der Waals surface area contributed by atoms with Crippen molar-refractivity contribution >= 4 is 0 Å². The first kappa shape index (κ1) is 11.6. The van der Waals surface area contributed by atoms with Crippen molar-refractivity contribution in [3.8, 4) is 11.8 Å². The van der Waals surface area contributed by atoms with Crippen LogP contribution < -0.4 is 4.74 Å². The second-order valence-electron chi connectivity index (χ2n) is 4.37. The molecule has 0 radical (unpaired) electrons. The average Bonchev–Trinajstić information content (AvgIpc) is 2.21. The quantitative estimate of drug-likeness (QED) is 0.739. The lowest BCUT2D eigenvalue weighted by Crippen LogP contribution is -2.15. The summed E-state index contributed by atoms with van der Waals surface area (Å²) < 4.78 is 5.32. The smallest absolute Gasteiger partial charge is 0.123 e.